The molecule has 0 bridgehead atoms. The molecule has 0 radical (unpaired) electrons. The van der Waals surface area contributed by atoms with E-state index in [1.54, 1.807) is 0 Å². The first kappa shape index (κ1) is 80.7. The Balaban J connectivity index is -0.000000182. The fourth-order valence-corrected chi connectivity index (χ4v) is 4.48. The van der Waals surface area contributed by atoms with Crippen LogP contribution >= 0.6 is 23.5 Å². The molecule has 1 saturated carbocycles. The van der Waals surface area contributed by atoms with Gasteiger partial charge in [-0.1, -0.05) is 0 Å². The van der Waals surface area contributed by atoms with Crippen molar-refractivity contribution in [3.05, 3.63) is 0 Å². The standard InChI is InChI=1S/C6H15O13P3.6C4H11NO3/c7-3-1-5(18-21(11,12)13)6(19-22(14,15)16)2-4(3)17-20(8,9)10;6*5-4(1-6,2-7)3-8/h3-7H,1-2H2,(H2,8,9,10)(H2,11,12,13)(H2,14,15,16);6*6-8H,1-3,5H2/t3-,4+,5-,6-;;;;;;/m1....../s1. The minimum Gasteiger partial charge on any atom is -0.790 e. The lowest BCUT2D eigenvalue weighted by Crippen LogP contribution is -2.78. The van der Waals surface area contributed by atoms with Crippen molar-refractivity contribution in [1.29, 1.82) is 0 Å². The van der Waals surface area contributed by atoms with Gasteiger partial charge < -0.3 is 188 Å². The average molecular weight is 1110 g/mol. The Morgan fingerprint density at radius 3 is 0.557 bits per heavy atom. The van der Waals surface area contributed by atoms with Gasteiger partial charge >= 0.3 is 0 Å². The number of phosphoric ester groups is 3. The van der Waals surface area contributed by atoms with E-state index in [0.717, 1.165) is 0 Å². The molecule has 0 amide bonds. The Morgan fingerprint density at radius 2 is 0.443 bits per heavy atom. The molecule has 0 heterocycles. The molecule has 0 aromatic rings. The summed E-state index contributed by atoms with van der Waals surface area (Å²) < 4.78 is 43.5. The van der Waals surface area contributed by atoms with Crippen molar-refractivity contribution in [2.24, 2.45) is 0 Å². The molecule has 70 heavy (non-hydrogen) atoms. The molecule has 4 atom stereocenters. The third kappa shape index (κ3) is 41.7. The summed E-state index contributed by atoms with van der Waals surface area (Å²) in [6, 6.07) is 0. The summed E-state index contributed by atoms with van der Waals surface area (Å²) in [5, 5.41) is 161. The van der Waals surface area contributed by atoms with E-state index in [-0.39, 0.29) is 119 Å². The Labute approximate surface area is 400 Å². The minimum absolute atomic E-state index is 0.292. The van der Waals surface area contributed by atoms with Gasteiger partial charge in [-0.2, -0.15) is 0 Å². The average Bonchev–Trinajstić information content (AvgIpc) is 3.33. The summed E-state index contributed by atoms with van der Waals surface area (Å²) in [5.74, 6) is 0. The van der Waals surface area contributed by atoms with Crippen molar-refractivity contribution in [3.63, 3.8) is 0 Å². The Morgan fingerprint density at radius 1 is 0.314 bits per heavy atom. The highest BCUT2D eigenvalue weighted by molar-refractivity contribution is 7.43. The molecule has 1 fully saturated rings. The molecule has 0 spiro atoms. The maximum atomic E-state index is 10.6. The molecule has 1 rings (SSSR count). The molecule has 1 aliphatic carbocycles. The molecule has 0 aliphatic heterocycles. The Kier molecular flexibility index (Phi) is 45.8. The van der Waals surface area contributed by atoms with Gasteiger partial charge in [-0.05, 0) is 0 Å². The smallest absolute Gasteiger partial charge is 0.164 e. The van der Waals surface area contributed by atoms with Gasteiger partial charge in [0.25, 0.3) is 0 Å². The van der Waals surface area contributed by atoms with Gasteiger partial charge in [0.1, 0.15) is 119 Å². The molecule has 1 aliphatic rings. The van der Waals surface area contributed by atoms with E-state index in [2.05, 4.69) is 48.0 Å². The van der Waals surface area contributed by atoms with E-state index in [1.807, 2.05) is 0 Å². The van der Waals surface area contributed by atoms with Crippen molar-refractivity contribution >= 4 is 23.5 Å². The van der Waals surface area contributed by atoms with Crippen LogP contribution in [0, 0.1) is 0 Å². The lowest BCUT2D eigenvalue weighted by Gasteiger charge is -2.47. The highest BCUT2D eigenvalue weighted by atomic mass is 31.2. The zero-order valence-electron chi connectivity index (χ0n) is 38.4. The first-order valence-electron chi connectivity index (χ1n) is 19.6. The number of hydrogen-bond acceptors (Lipinski definition) is 31. The second kappa shape index (κ2) is 39.7. The number of quaternary nitrogens is 6. The molecular formula is C30H81N6O31P3. The van der Waals surface area contributed by atoms with Gasteiger partial charge in [-0.25, -0.2) is 0 Å². The third-order valence-electron chi connectivity index (χ3n) is 8.61. The van der Waals surface area contributed by atoms with Crippen LogP contribution in [0.4, 0.5) is 0 Å². The van der Waals surface area contributed by atoms with Crippen LogP contribution in [0.15, 0.2) is 0 Å². The molecule has 40 heteroatoms. The van der Waals surface area contributed by atoms with Crippen LogP contribution in [0.3, 0.4) is 0 Å². The molecule has 37 N–H and O–H groups in total. The number of phosphoric acid groups is 3. The largest absolute Gasteiger partial charge is 0.790 e. The molecule has 432 valence electrons. The molecule has 0 saturated heterocycles. The maximum Gasteiger partial charge on any atom is 0.164 e. The maximum absolute atomic E-state index is 10.6. The second-order valence-corrected chi connectivity index (χ2v) is 19.5. The van der Waals surface area contributed by atoms with Crippen LogP contribution in [0.1, 0.15) is 12.8 Å². The monoisotopic (exact) mass is 1110 g/mol. The zero-order chi connectivity index (χ0) is 57.1. The number of rotatable bonds is 24. The van der Waals surface area contributed by atoms with Gasteiger partial charge in [-0.3, -0.25) is 0 Å². The summed E-state index contributed by atoms with van der Waals surface area (Å²) in [4.78, 5) is 63.2. The van der Waals surface area contributed by atoms with Gasteiger partial charge in [0.05, 0.1) is 47.9 Å². The fraction of sp³-hybridized carbons (Fsp3) is 1.00. The zero-order valence-corrected chi connectivity index (χ0v) is 41.1. The summed E-state index contributed by atoms with van der Waals surface area (Å²) in [6.07, 6.45) is -9.11. The van der Waals surface area contributed by atoms with Gasteiger partial charge in [0.15, 0.2) is 33.2 Å². The van der Waals surface area contributed by atoms with E-state index in [9.17, 15) is 48.2 Å². The highest BCUT2D eigenvalue weighted by Crippen LogP contribution is 2.42. The van der Waals surface area contributed by atoms with Gasteiger partial charge in [0, 0.05) is 12.8 Å². The molecule has 0 unspecified atom stereocenters. The van der Waals surface area contributed by atoms with Gasteiger partial charge in [-0.15, -0.1) is 0 Å². The lowest BCUT2D eigenvalue weighted by molar-refractivity contribution is -0.495. The summed E-state index contributed by atoms with van der Waals surface area (Å²) in [6.45, 7) is -5.25. The normalized spacial score (nSPS) is 18.0. The van der Waals surface area contributed by atoms with E-state index < -0.39 is 94.0 Å². The van der Waals surface area contributed by atoms with E-state index >= 15 is 0 Å². The van der Waals surface area contributed by atoms with Crippen LogP contribution in [0.25, 0.3) is 0 Å². The first-order chi connectivity index (χ1) is 31.8. The van der Waals surface area contributed by atoms with Crippen LogP contribution in [-0.4, -0.2) is 274 Å². The minimum atomic E-state index is -5.67. The van der Waals surface area contributed by atoms with Crippen LogP contribution in [-0.2, 0) is 27.3 Å². The first-order valence-corrected chi connectivity index (χ1v) is 24.0. The van der Waals surface area contributed by atoms with Crippen LogP contribution < -0.4 is 63.8 Å². The quantitative estimate of drug-likeness (QED) is 0.0399. The summed E-state index contributed by atoms with van der Waals surface area (Å²) in [5.41, 5.74) is 14.5. The fourth-order valence-electron chi connectivity index (χ4n) is 2.81. The van der Waals surface area contributed by atoms with Crippen LogP contribution in [0.2, 0.25) is 0 Å². The van der Waals surface area contributed by atoms with E-state index in [1.165, 1.54) is 0 Å². The molecule has 0 aromatic heterocycles. The molecule has 0 aromatic carbocycles. The van der Waals surface area contributed by atoms with Crippen LogP contribution in [0.5, 0.6) is 0 Å². The number of hydrogen-bond donors (Lipinski definition) is 25. The van der Waals surface area contributed by atoms with Gasteiger partial charge in [0.2, 0.25) is 0 Å². The summed E-state index contributed by atoms with van der Waals surface area (Å²) in [7, 11) is -16.9. The van der Waals surface area contributed by atoms with Crippen molar-refractivity contribution in [3.8, 4) is 0 Å². The van der Waals surface area contributed by atoms with Crippen molar-refractivity contribution < 1.29 is 188 Å². The second-order valence-electron chi connectivity index (χ2n) is 16.2. The third-order valence-corrected chi connectivity index (χ3v) is 10.2. The Bertz CT molecular complexity index is 1190. The van der Waals surface area contributed by atoms with Crippen molar-refractivity contribution in [2.75, 3.05) is 119 Å². The lowest BCUT2D eigenvalue weighted by atomic mass is 9.90. The van der Waals surface area contributed by atoms with Crippen molar-refractivity contribution in [2.45, 2.75) is 70.5 Å². The predicted octanol–water partition coefficient (Wildman–Crippen LogP) is -23.6. The predicted molar refractivity (Wildman–Crippen MR) is 214 cm³/mol. The molecule has 37 nitrogen and oxygen atoms in total. The van der Waals surface area contributed by atoms with E-state index in [4.69, 9.17) is 91.9 Å². The SMILES string of the molecule is O=P([O-])([O-])O[C@H]1C[C@@H](OP(=O)([O-])[O-])[C@H](OP(=O)([O-])[O-])C[C@H]1O.[NH3+]C(CO)(CO)CO.[NH3+]C(CO)(CO)CO.[NH3+]C(CO)(CO)CO.[NH3+]C(CO)(CO)CO.[NH3+]C(CO)(CO)CO.[NH3+]C(CO)(CO)CO. The Hall–Kier alpha value is -0.670. The number of aliphatic hydroxyl groups excluding tert-OH is 19. The van der Waals surface area contributed by atoms with E-state index in [0.29, 0.717) is 0 Å². The molecular weight excluding hydrogens is 1030 g/mol. The summed E-state index contributed by atoms with van der Waals surface area (Å²) >= 11 is 0. The van der Waals surface area contributed by atoms with Crippen molar-refractivity contribution in [1.82, 2.24) is 0 Å². The number of aliphatic hydroxyl groups is 19. The highest BCUT2D eigenvalue weighted by Gasteiger charge is 2.40. The topological polar surface area (TPSA) is 767 Å².